The second-order valence-electron chi connectivity index (χ2n) is 7.24. The first-order valence-corrected chi connectivity index (χ1v) is 9.74. The van der Waals surface area contributed by atoms with Gasteiger partial charge in [-0.25, -0.2) is 4.98 Å². The van der Waals surface area contributed by atoms with Gasteiger partial charge in [-0.1, -0.05) is 24.6 Å². The molecule has 0 aromatic carbocycles. The maximum atomic E-state index is 12.0. The number of fused-ring (bicyclic) bond motifs is 4. The van der Waals surface area contributed by atoms with Crippen LogP contribution in [0.5, 0.6) is 0 Å². The Morgan fingerprint density at radius 1 is 1.35 bits per heavy atom. The highest BCUT2D eigenvalue weighted by Crippen LogP contribution is 2.41. The zero-order valence-electron chi connectivity index (χ0n) is 15.0. The summed E-state index contributed by atoms with van der Waals surface area (Å²) in [5, 5.41) is 12.5. The van der Waals surface area contributed by atoms with Gasteiger partial charge < -0.3 is 9.80 Å². The molecule has 1 aromatic heterocycles. The molecule has 0 amide bonds. The predicted octanol–water partition coefficient (Wildman–Crippen LogP) is 2.90. The number of halogens is 1. The Balaban J connectivity index is 1.70. The van der Waals surface area contributed by atoms with Crippen LogP contribution in [-0.4, -0.2) is 56.4 Å². The van der Waals surface area contributed by atoms with Crippen molar-refractivity contribution in [2.45, 2.75) is 51.4 Å². The van der Waals surface area contributed by atoms with Crippen LogP contribution in [0.1, 0.15) is 38.2 Å². The predicted molar refractivity (Wildman–Crippen MR) is 98.8 cm³/mol. The Hall–Kier alpha value is -1.86. The molecule has 7 nitrogen and oxygen atoms in total. The first-order valence-electron chi connectivity index (χ1n) is 9.36. The lowest BCUT2D eigenvalue weighted by atomic mass is 9.92. The van der Waals surface area contributed by atoms with Crippen LogP contribution in [0.15, 0.2) is 29.8 Å². The zero-order valence-corrected chi connectivity index (χ0v) is 15.7. The van der Waals surface area contributed by atoms with Crippen molar-refractivity contribution >= 4 is 11.6 Å². The minimum atomic E-state index is -0.143. The molecule has 2 atom stereocenters. The van der Waals surface area contributed by atoms with E-state index in [4.69, 9.17) is 11.6 Å². The van der Waals surface area contributed by atoms with Crippen molar-refractivity contribution < 1.29 is 4.92 Å². The van der Waals surface area contributed by atoms with Crippen molar-refractivity contribution in [1.82, 2.24) is 19.7 Å². The molecule has 2 saturated heterocycles. The number of nitrogens with zero attached hydrogens (tertiary/aromatic N) is 5. The highest BCUT2D eigenvalue weighted by atomic mass is 35.5. The fourth-order valence-electron chi connectivity index (χ4n) is 4.67. The van der Waals surface area contributed by atoms with Crippen molar-refractivity contribution in [2.75, 3.05) is 19.6 Å². The van der Waals surface area contributed by atoms with Crippen molar-refractivity contribution in [1.29, 1.82) is 0 Å². The third-order valence-electron chi connectivity index (χ3n) is 5.65. The number of rotatable bonds is 5. The molecule has 0 spiro atoms. The van der Waals surface area contributed by atoms with E-state index in [2.05, 4.69) is 26.6 Å². The van der Waals surface area contributed by atoms with Crippen LogP contribution >= 0.6 is 11.6 Å². The van der Waals surface area contributed by atoms with Crippen LogP contribution in [0, 0.1) is 10.1 Å². The van der Waals surface area contributed by atoms with Gasteiger partial charge in [-0.15, -0.1) is 0 Å². The van der Waals surface area contributed by atoms with Gasteiger partial charge in [-0.05, 0) is 37.3 Å². The summed E-state index contributed by atoms with van der Waals surface area (Å²) in [6, 6.07) is 3.64. The number of piperidine rings is 1. The lowest BCUT2D eigenvalue weighted by Gasteiger charge is -2.49. The lowest BCUT2D eigenvalue weighted by Crippen LogP contribution is -2.60. The molecule has 3 aliphatic heterocycles. The monoisotopic (exact) mass is 377 g/mol. The Morgan fingerprint density at radius 2 is 2.19 bits per heavy atom. The standard InChI is InChI=1S/C18H24ClN5O2/c1-2-8-22-14-4-3-5-16(22)23-10-9-21(18(23)17(14)24(25)26)12-13-6-7-15(19)20-11-13/h6-7,11,14,16H,2-5,8-10,12H2,1H3. The van der Waals surface area contributed by atoms with Crippen LogP contribution in [0.25, 0.3) is 0 Å². The quantitative estimate of drug-likeness (QED) is 0.446. The maximum Gasteiger partial charge on any atom is 0.303 e. The Morgan fingerprint density at radius 3 is 2.88 bits per heavy atom. The summed E-state index contributed by atoms with van der Waals surface area (Å²) in [4.78, 5) is 22.8. The Bertz CT molecular complexity index is 723. The van der Waals surface area contributed by atoms with Crippen LogP contribution in [0.3, 0.4) is 0 Å². The molecule has 2 unspecified atom stereocenters. The van der Waals surface area contributed by atoms with Gasteiger partial charge in [0.15, 0.2) is 5.82 Å². The largest absolute Gasteiger partial charge is 0.347 e. The van der Waals surface area contributed by atoms with Gasteiger partial charge >= 0.3 is 5.70 Å². The van der Waals surface area contributed by atoms with Crippen molar-refractivity contribution in [3.05, 3.63) is 50.7 Å². The van der Waals surface area contributed by atoms with E-state index in [1.807, 2.05) is 6.07 Å². The van der Waals surface area contributed by atoms with Crippen LogP contribution in [0.2, 0.25) is 5.15 Å². The molecule has 4 heterocycles. The van der Waals surface area contributed by atoms with Gasteiger partial charge in [0.05, 0.1) is 11.1 Å². The summed E-state index contributed by atoms with van der Waals surface area (Å²) >= 11 is 5.88. The molecule has 140 valence electrons. The molecule has 8 heteroatoms. The first kappa shape index (κ1) is 17.5. The molecule has 2 fully saturated rings. The van der Waals surface area contributed by atoms with E-state index in [0.29, 0.717) is 23.6 Å². The summed E-state index contributed by atoms with van der Waals surface area (Å²) in [5.41, 5.74) is 1.40. The SMILES string of the molecule is CCCN1C2CCCC1N1CCN(Cc3ccc(Cl)nc3)C1=C2[N+](=O)[O-]. The molecule has 26 heavy (non-hydrogen) atoms. The normalized spacial score (nSPS) is 25.6. The average molecular weight is 378 g/mol. The van der Waals surface area contributed by atoms with Crippen molar-refractivity contribution in [3.63, 3.8) is 0 Å². The Kier molecular flexibility index (Phi) is 4.75. The van der Waals surface area contributed by atoms with E-state index in [0.717, 1.165) is 56.7 Å². The summed E-state index contributed by atoms with van der Waals surface area (Å²) < 4.78 is 0. The lowest BCUT2D eigenvalue weighted by molar-refractivity contribution is -0.441. The van der Waals surface area contributed by atoms with Crippen molar-refractivity contribution in [2.24, 2.45) is 0 Å². The third kappa shape index (κ3) is 2.93. The molecule has 0 radical (unpaired) electrons. The van der Waals surface area contributed by atoms with Gasteiger partial charge in [-0.3, -0.25) is 15.0 Å². The van der Waals surface area contributed by atoms with Gasteiger partial charge in [0, 0.05) is 32.4 Å². The fraction of sp³-hybridized carbons (Fsp3) is 0.611. The number of hydrogen-bond donors (Lipinski definition) is 0. The topological polar surface area (TPSA) is 65.8 Å². The van der Waals surface area contributed by atoms with Gasteiger partial charge in [-0.2, -0.15) is 0 Å². The van der Waals surface area contributed by atoms with E-state index in [-0.39, 0.29) is 11.0 Å². The van der Waals surface area contributed by atoms with Crippen LogP contribution in [-0.2, 0) is 6.54 Å². The Labute approximate surface area is 158 Å². The van der Waals surface area contributed by atoms with E-state index in [1.54, 1.807) is 12.3 Å². The molecule has 0 saturated carbocycles. The highest BCUT2D eigenvalue weighted by Gasteiger charge is 2.51. The number of hydrogen-bond acceptors (Lipinski definition) is 6. The minimum absolute atomic E-state index is 0.0705. The van der Waals surface area contributed by atoms with E-state index >= 15 is 0 Å². The summed E-state index contributed by atoms with van der Waals surface area (Å²) in [7, 11) is 0. The maximum absolute atomic E-state index is 12.0. The molecule has 0 N–H and O–H groups in total. The van der Waals surface area contributed by atoms with Crippen LogP contribution < -0.4 is 0 Å². The highest BCUT2D eigenvalue weighted by molar-refractivity contribution is 6.29. The van der Waals surface area contributed by atoms with E-state index < -0.39 is 0 Å². The zero-order chi connectivity index (χ0) is 18.3. The summed E-state index contributed by atoms with van der Waals surface area (Å²) in [5.74, 6) is 0.826. The van der Waals surface area contributed by atoms with E-state index in [9.17, 15) is 10.1 Å². The molecule has 0 aliphatic carbocycles. The summed E-state index contributed by atoms with van der Waals surface area (Å²) in [6.07, 6.45) is 6.08. The molecule has 1 aromatic rings. The average Bonchev–Trinajstić information content (AvgIpc) is 3.00. The molecular formula is C18H24ClN5O2. The third-order valence-corrected chi connectivity index (χ3v) is 5.87. The smallest absolute Gasteiger partial charge is 0.303 e. The first-order chi connectivity index (χ1) is 12.6. The van der Waals surface area contributed by atoms with Gasteiger partial charge in [0.25, 0.3) is 0 Å². The fourth-order valence-corrected chi connectivity index (χ4v) is 4.78. The van der Waals surface area contributed by atoms with Crippen LogP contribution in [0.4, 0.5) is 0 Å². The number of aromatic nitrogens is 1. The molecule has 4 rings (SSSR count). The molecule has 3 aliphatic rings. The van der Waals surface area contributed by atoms with Gasteiger partial charge in [0.2, 0.25) is 0 Å². The second kappa shape index (κ2) is 7.04. The summed E-state index contributed by atoms with van der Waals surface area (Å²) in [6.45, 7) is 5.33. The second-order valence-corrected chi connectivity index (χ2v) is 7.62. The molecule has 2 bridgehead atoms. The number of pyridine rings is 1. The van der Waals surface area contributed by atoms with Gasteiger partial charge in [0.1, 0.15) is 11.2 Å². The van der Waals surface area contributed by atoms with E-state index in [1.165, 1.54) is 0 Å². The minimum Gasteiger partial charge on any atom is -0.347 e. The molecular weight excluding hydrogens is 354 g/mol. The number of nitro groups is 1. The van der Waals surface area contributed by atoms with Crippen molar-refractivity contribution in [3.8, 4) is 0 Å².